The van der Waals surface area contributed by atoms with Crippen LogP contribution in [0.15, 0.2) is 24.3 Å². The van der Waals surface area contributed by atoms with Crippen molar-refractivity contribution in [2.45, 2.75) is 26.3 Å². The fraction of sp³-hybridized carbons (Fsp3) is 0.308. The molecule has 0 spiro atoms. The number of nitrogens with zero attached hydrogens (tertiary/aromatic N) is 2. The Morgan fingerprint density at radius 1 is 1.35 bits per heavy atom. The minimum absolute atomic E-state index is 0.110. The zero-order valence-electron chi connectivity index (χ0n) is 12.2. The van der Waals surface area contributed by atoms with Gasteiger partial charge in [0.05, 0.1) is 11.7 Å². The van der Waals surface area contributed by atoms with E-state index in [0.717, 1.165) is 6.07 Å². The van der Waals surface area contributed by atoms with Crippen LogP contribution in [0.2, 0.25) is 0 Å². The van der Waals surface area contributed by atoms with Gasteiger partial charge in [-0.25, -0.2) is 9.78 Å². The van der Waals surface area contributed by atoms with E-state index in [0.29, 0.717) is 11.6 Å². The molecule has 0 unspecified atom stereocenters. The van der Waals surface area contributed by atoms with Crippen LogP contribution in [0, 0.1) is 6.92 Å². The average molecular weight is 329 g/mol. The van der Waals surface area contributed by atoms with Gasteiger partial charge in [0.2, 0.25) is 0 Å². The van der Waals surface area contributed by atoms with E-state index in [1.807, 2.05) is 0 Å². The smallest absolute Gasteiger partial charge is 0.404 e. The largest absolute Gasteiger partial charge is 0.573 e. The summed E-state index contributed by atoms with van der Waals surface area (Å²) in [6.45, 7) is 3.34. The summed E-state index contributed by atoms with van der Waals surface area (Å²) in [5.74, 6) is 0.437. The predicted octanol–water partition coefficient (Wildman–Crippen LogP) is 2.89. The predicted molar refractivity (Wildman–Crippen MR) is 74.8 cm³/mol. The van der Waals surface area contributed by atoms with E-state index in [2.05, 4.69) is 30.6 Å². The van der Waals surface area contributed by atoms with Crippen LogP contribution >= 0.6 is 0 Å². The molecular weight excluding hydrogens is 315 g/mol. The summed E-state index contributed by atoms with van der Waals surface area (Å²) in [5, 5.41) is 11.3. The number of aryl methyl sites for hydroxylation is 1. The number of urea groups is 1. The van der Waals surface area contributed by atoms with Gasteiger partial charge in [-0.2, -0.15) is 5.10 Å². The number of H-pyrrole nitrogens is 1. The monoisotopic (exact) mass is 329 g/mol. The highest BCUT2D eigenvalue weighted by Gasteiger charge is 2.32. The summed E-state index contributed by atoms with van der Waals surface area (Å²) in [4.78, 5) is 16.0. The normalized spacial score (nSPS) is 12.6. The van der Waals surface area contributed by atoms with Crippen molar-refractivity contribution in [3.05, 3.63) is 35.9 Å². The third kappa shape index (κ3) is 4.87. The van der Waals surface area contributed by atoms with Gasteiger partial charge in [-0.3, -0.25) is 5.10 Å². The molecule has 2 aromatic rings. The van der Waals surface area contributed by atoms with Gasteiger partial charge in [0.25, 0.3) is 0 Å². The molecule has 0 radical (unpaired) electrons. The number of hydrogen-bond acceptors (Lipinski definition) is 4. The minimum atomic E-state index is -4.85. The van der Waals surface area contributed by atoms with Crippen LogP contribution in [0.5, 0.6) is 5.75 Å². The van der Waals surface area contributed by atoms with E-state index in [4.69, 9.17) is 0 Å². The van der Waals surface area contributed by atoms with Crippen LogP contribution in [0.1, 0.15) is 24.6 Å². The maximum Gasteiger partial charge on any atom is 0.573 e. The molecule has 3 N–H and O–H groups in total. The summed E-state index contributed by atoms with van der Waals surface area (Å²) in [6.07, 6.45) is -4.85. The zero-order chi connectivity index (χ0) is 17.0. The highest BCUT2D eigenvalue weighted by atomic mass is 19.4. The molecule has 7 nitrogen and oxygen atoms in total. The van der Waals surface area contributed by atoms with Gasteiger partial charge in [-0.1, -0.05) is 12.1 Å². The number of alkyl halides is 3. The summed E-state index contributed by atoms with van der Waals surface area (Å²) >= 11 is 0. The van der Waals surface area contributed by atoms with Crippen LogP contribution in [-0.4, -0.2) is 27.6 Å². The molecular formula is C13H14F3N5O2. The SMILES string of the molecule is Cc1nc([C@@H](C)NC(=O)Nc2ccccc2OC(F)(F)F)n[nH]1. The minimum Gasteiger partial charge on any atom is -0.404 e. The van der Waals surface area contributed by atoms with E-state index in [9.17, 15) is 18.0 Å². The molecule has 1 heterocycles. The van der Waals surface area contributed by atoms with Gasteiger partial charge in [0.1, 0.15) is 5.82 Å². The average Bonchev–Trinajstić information content (AvgIpc) is 2.86. The van der Waals surface area contributed by atoms with Crippen LogP contribution in [0.3, 0.4) is 0 Å². The van der Waals surface area contributed by atoms with E-state index in [-0.39, 0.29) is 5.69 Å². The second-order valence-corrected chi connectivity index (χ2v) is 4.64. The Kier molecular flexibility index (Phi) is 4.72. The number of aromatic nitrogens is 3. The standard InChI is InChI=1S/C13H14F3N5O2/c1-7(11-18-8(2)20-21-11)17-12(22)19-9-5-3-4-6-10(9)23-13(14,15)16/h3-7H,1-2H3,(H2,17,19,22)(H,18,20,21)/t7-/m1/s1. The molecule has 124 valence electrons. The number of ether oxygens (including phenoxy) is 1. The van der Waals surface area contributed by atoms with Gasteiger partial charge in [-0.15, -0.1) is 13.2 Å². The Bertz CT molecular complexity index is 686. The van der Waals surface area contributed by atoms with E-state index >= 15 is 0 Å². The van der Waals surface area contributed by atoms with Crippen molar-refractivity contribution < 1.29 is 22.7 Å². The van der Waals surface area contributed by atoms with Crippen molar-refractivity contribution in [1.29, 1.82) is 0 Å². The molecule has 0 saturated heterocycles. The number of carbonyl (C=O) groups excluding carboxylic acids is 1. The second-order valence-electron chi connectivity index (χ2n) is 4.64. The first-order chi connectivity index (χ1) is 10.7. The molecule has 1 aromatic carbocycles. The van der Waals surface area contributed by atoms with Crippen molar-refractivity contribution in [2.24, 2.45) is 0 Å². The van der Waals surface area contributed by atoms with Gasteiger partial charge in [-0.05, 0) is 26.0 Å². The maximum atomic E-state index is 12.3. The lowest BCUT2D eigenvalue weighted by atomic mass is 10.3. The Morgan fingerprint density at radius 2 is 2.04 bits per heavy atom. The fourth-order valence-corrected chi connectivity index (χ4v) is 1.76. The van der Waals surface area contributed by atoms with E-state index in [1.165, 1.54) is 18.2 Å². The molecule has 1 atom stereocenters. The number of aromatic amines is 1. The molecule has 1 aromatic heterocycles. The van der Waals surface area contributed by atoms with Crippen molar-refractivity contribution in [2.75, 3.05) is 5.32 Å². The van der Waals surface area contributed by atoms with Crippen LogP contribution in [-0.2, 0) is 0 Å². The molecule has 0 aliphatic rings. The zero-order valence-corrected chi connectivity index (χ0v) is 12.2. The van der Waals surface area contributed by atoms with Gasteiger partial charge in [0.15, 0.2) is 11.6 Å². The number of carbonyl (C=O) groups is 1. The number of amides is 2. The Labute approximate surface area is 129 Å². The molecule has 0 aliphatic carbocycles. The van der Waals surface area contributed by atoms with Crippen molar-refractivity contribution in [1.82, 2.24) is 20.5 Å². The Hall–Kier alpha value is -2.78. The van der Waals surface area contributed by atoms with Crippen molar-refractivity contribution in [3.63, 3.8) is 0 Å². The first-order valence-electron chi connectivity index (χ1n) is 6.56. The molecule has 2 amide bonds. The first-order valence-corrected chi connectivity index (χ1v) is 6.56. The van der Waals surface area contributed by atoms with Crippen molar-refractivity contribution in [3.8, 4) is 5.75 Å². The van der Waals surface area contributed by atoms with Crippen LogP contribution in [0.4, 0.5) is 23.7 Å². The number of halogens is 3. The number of hydrogen-bond donors (Lipinski definition) is 3. The molecule has 0 fully saturated rings. The highest BCUT2D eigenvalue weighted by molar-refractivity contribution is 5.91. The Balaban J connectivity index is 2.03. The summed E-state index contributed by atoms with van der Waals surface area (Å²) < 4.78 is 40.8. The van der Waals surface area contributed by atoms with Gasteiger partial charge in [0, 0.05) is 0 Å². The number of anilines is 1. The molecule has 0 bridgehead atoms. The number of para-hydroxylation sites is 2. The first kappa shape index (κ1) is 16.6. The van der Waals surface area contributed by atoms with Gasteiger partial charge < -0.3 is 15.4 Å². The lowest BCUT2D eigenvalue weighted by Crippen LogP contribution is -2.32. The highest BCUT2D eigenvalue weighted by Crippen LogP contribution is 2.29. The molecule has 2 rings (SSSR count). The number of nitrogens with one attached hydrogen (secondary N) is 3. The maximum absolute atomic E-state index is 12.3. The molecule has 10 heteroatoms. The topological polar surface area (TPSA) is 91.9 Å². The summed E-state index contributed by atoms with van der Waals surface area (Å²) in [7, 11) is 0. The Morgan fingerprint density at radius 3 is 2.65 bits per heavy atom. The second kappa shape index (κ2) is 6.55. The molecule has 0 saturated carbocycles. The van der Waals surface area contributed by atoms with Crippen LogP contribution < -0.4 is 15.4 Å². The van der Waals surface area contributed by atoms with E-state index in [1.54, 1.807) is 13.8 Å². The third-order valence-electron chi connectivity index (χ3n) is 2.71. The van der Waals surface area contributed by atoms with Crippen LogP contribution in [0.25, 0.3) is 0 Å². The number of rotatable bonds is 4. The summed E-state index contributed by atoms with van der Waals surface area (Å²) in [5.41, 5.74) is -0.110. The third-order valence-corrected chi connectivity index (χ3v) is 2.71. The van der Waals surface area contributed by atoms with Gasteiger partial charge >= 0.3 is 12.4 Å². The lowest BCUT2D eigenvalue weighted by molar-refractivity contribution is -0.274. The summed E-state index contributed by atoms with van der Waals surface area (Å²) in [6, 6.07) is 3.99. The quantitative estimate of drug-likeness (QED) is 0.804. The number of benzene rings is 1. The molecule has 0 aliphatic heterocycles. The lowest BCUT2D eigenvalue weighted by Gasteiger charge is -2.15. The van der Waals surface area contributed by atoms with E-state index < -0.39 is 24.2 Å². The van der Waals surface area contributed by atoms with Crippen molar-refractivity contribution >= 4 is 11.7 Å². The molecule has 23 heavy (non-hydrogen) atoms. The fourth-order valence-electron chi connectivity index (χ4n) is 1.76.